The number of carbonyl (C=O) groups is 2. The summed E-state index contributed by atoms with van der Waals surface area (Å²) in [6.45, 7) is 3.99. The fraction of sp³-hybridized carbons (Fsp3) is 0.467. The normalized spacial score (nSPS) is 18.4. The van der Waals surface area contributed by atoms with Crippen LogP contribution in [0.3, 0.4) is 0 Å². The molecular formula is C15H18BrFN2O2. The second-order valence-electron chi connectivity index (χ2n) is 5.14. The van der Waals surface area contributed by atoms with E-state index in [1.165, 1.54) is 11.0 Å². The third-order valence-corrected chi connectivity index (χ3v) is 4.66. The van der Waals surface area contributed by atoms with E-state index in [-0.39, 0.29) is 24.8 Å². The molecule has 1 saturated heterocycles. The summed E-state index contributed by atoms with van der Waals surface area (Å²) in [7, 11) is 0. The molecule has 0 aromatic heterocycles. The monoisotopic (exact) mass is 356 g/mol. The first-order valence-corrected chi connectivity index (χ1v) is 7.81. The highest BCUT2D eigenvalue weighted by atomic mass is 79.9. The van der Waals surface area contributed by atoms with E-state index in [1.807, 2.05) is 13.8 Å². The summed E-state index contributed by atoms with van der Waals surface area (Å²) in [5.41, 5.74) is -0.430. The molecule has 0 unspecified atom stereocenters. The summed E-state index contributed by atoms with van der Waals surface area (Å²) < 4.78 is 14.1. The third kappa shape index (κ3) is 2.95. The first kappa shape index (κ1) is 15.9. The maximum atomic E-state index is 13.7. The van der Waals surface area contributed by atoms with Crippen LogP contribution in [-0.4, -0.2) is 23.9 Å². The van der Waals surface area contributed by atoms with Crippen LogP contribution in [0.25, 0.3) is 0 Å². The first-order chi connectivity index (χ1) is 9.93. The number of nitrogens with zero attached hydrogens (tertiary/aromatic N) is 1. The van der Waals surface area contributed by atoms with Crippen LogP contribution in [0.15, 0.2) is 22.7 Å². The number of carbonyl (C=O) groups excluding carboxylic acids is 2. The molecule has 1 aromatic rings. The topological polar surface area (TPSA) is 49.4 Å². The van der Waals surface area contributed by atoms with Gasteiger partial charge in [-0.1, -0.05) is 13.8 Å². The van der Waals surface area contributed by atoms with Crippen molar-refractivity contribution in [2.45, 2.75) is 38.6 Å². The van der Waals surface area contributed by atoms with Crippen LogP contribution in [-0.2, 0) is 9.59 Å². The number of anilines is 1. The highest BCUT2D eigenvalue weighted by Crippen LogP contribution is 2.28. The fourth-order valence-corrected chi connectivity index (χ4v) is 2.83. The number of hydrogen-bond acceptors (Lipinski definition) is 2. The molecule has 0 atom stereocenters. The van der Waals surface area contributed by atoms with Crippen molar-refractivity contribution in [2.24, 2.45) is 0 Å². The minimum absolute atomic E-state index is 0.146. The second-order valence-corrected chi connectivity index (χ2v) is 6.00. The van der Waals surface area contributed by atoms with Gasteiger partial charge in [-0.2, -0.15) is 0 Å². The summed E-state index contributed by atoms with van der Waals surface area (Å²) in [6.07, 6.45) is 1.22. The predicted octanol–water partition coefficient (Wildman–Crippen LogP) is 3.00. The Morgan fingerprint density at radius 2 is 2.00 bits per heavy atom. The molecule has 6 heteroatoms. The third-order valence-electron chi connectivity index (χ3n) is 4.02. The van der Waals surface area contributed by atoms with E-state index in [4.69, 9.17) is 0 Å². The zero-order valence-corrected chi connectivity index (χ0v) is 13.7. The molecular weight excluding hydrogens is 339 g/mol. The molecule has 0 radical (unpaired) electrons. The number of rotatable bonds is 3. The zero-order chi connectivity index (χ0) is 15.6. The maximum Gasteiger partial charge on any atom is 0.252 e. The second kappa shape index (κ2) is 6.13. The zero-order valence-electron chi connectivity index (χ0n) is 12.1. The van der Waals surface area contributed by atoms with Crippen molar-refractivity contribution in [1.82, 2.24) is 5.32 Å². The summed E-state index contributed by atoms with van der Waals surface area (Å²) in [5, 5.41) is 2.83. The average molecular weight is 357 g/mol. The van der Waals surface area contributed by atoms with Crippen molar-refractivity contribution in [3.8, 4) is 0 Å². The van der Waals surface area contributed by atoms with Gasteiger partial charge in [0.25, 0.3) is 5.91 Å². The number of halogens is 2. The Bertz CT molecular complexity index is 573. The van der Waals surface area contributed by atoms with Gasteiger partial charge in [0.1, 0.15) is 11.4 Å². The van der Waals surface area contributed by atoms with Gasteiger partial charge < -0.3 is 10.2 Å². The van der Waals surface area contributed by atoms with Crippen molar-refractivity contribution < 1.29 is 14.0 Å². The Kier molecular flexibility index (Phi) is 4.66. The quantitative estimate of drug-likeness (QED) is 0.904. The molecule has 1 aliphatic rings. The van der Waals surface area contributed by atoms with Crippen molar-refractivity contribution in [3.05, 3.63) is 28.5 Å². The van der Waals surface area contributed by atoms with Crippen LogP contribution in [0.5, 0.6) is 0 Å². The Morgan fingerprint density at radius 1 is 1.33 bits per heavy atom. The van der Waals surface area contributed by atoms with Crippen LogP contribution >= 0.6 is 15.9 Å². The molecule has 0 bridgehead atoms. The van der Waals surface area contributed by atoms with Crippen LogP contribution in [0.2, 0.25) is 0 Å². The molecule has 1 aromatic carbocycles. The highest BCUT2D eigenvalue weighted by Gasteiger charge is 2.42. The van der Waals surface area contributed by atoms with Crippen LogP contribution in [0, 0.1) is 5.82 Å². The van der Waals surface area contributed by atoms with Gasteiger partial charge in [0, 0.05) is 18.7 Å². The smallest absolute Gasteiger partial charge is 0.252 e. The average Bonchev–Trinajstić information content (AvgIpc) is 2.60. The van der Waals surface area contributed by atoms with Gasteiger partial charge in [0.2, 0.25) is 5.91 Å². The van der Waals surface area contributed by atoms with E-state index in [0.717, 1.165) is 0 Å². The Morgan fingerprint density at radius 3 is 2.57 bits per heavy atom. The maximum absolute atomic E-state index is 13.7. The minimum atomic E-state index is -0.906. The van der Waals surface area contributed by atoms with Crippen LogP contribution in [0.4, 0.5) is 10.1 Å². The molecule has 0 aliphatic carbocycles. The van der Waals surface area contributed by atoms with Gasteiger partial charge in [-0.15, -0.1) is 0 Å². The van der Waals surface area contributed by atoms with E-state index >= 15 is 0 Å². The van der Waals surface area contributed by atoms with E-state index in [2.05, 4.69) is 21.2 Å². The van der Waals surface area contributed by atoms with Crippen molar-refractivity contribution in [1.29, 1.82) is 0 Å². The molecule has 21 heavy (non-hydrogen) atoms. The molecule has 114 valence electrons. The molecule has 4 nitrogen and oxygen atoms in total. The van der Waals surface area contributed by atoms with Gasteiger partial charge in [-0.25, -0.2) is 4.39 Å². The fourth-order valence-electron chi connectivity index (χ4n) is 2.58. The van der Waals surface area contributed by atoms with Gasteiger partial charge in [0.15, 0.2) is 0 Å². The van der Waals surface area contributed by atoms with Gasteiger partial charge in [-0.05, 0) is 47.0 Å². The summed E-state index contributed by atoms with van der Waals surface area (Å²) in [5.74, 6) is -0.755. The molecule has 1 N–H and O–H groups in total. The largest absolute Gasteiger partial charge is 0.342 e. The van der Waals surface area contributed by atoms with Crippen molar-refractivity contribution in [3.63, 3.8) is 0 Å². The Balaban J connectivity index is 2.44. The molecule has 1 heterocycles. The van der Waals surface area contributed by atoms with E-state index in [9.17, 15) is 14.0 Å². The number of hydrogen-bond donors (Lipinski definition) is 1. The Hall–Kier alpha value is -1.43. The number of benzene rings is 1. The van der Waals surface area contributed by atoms with E-state index in [1.54, 1.807) is 12.1 Å². The standard InChI is InChI=1S/C15H18BrFN2O2/c1-3-15(4-2)14(21)19(8-7-13(20)18-15)10-5-6-11(16)12(17)9-10/h5-6,9H,3-4,7-8H2,1-2H3,(H,18,20). The van der Waals surface area contributed by atoms with Gasteiger partial charge in [0.05, 0.1) is 4.47 Å². The van der Waals surface area contributed by atoms with E-state index < -0.39 is 11.4 Å². The lowest BCUT2D eigenvalue weighted by atomic mass is 9.91. The predicted molar refractivity (Wildman–Crippen MR) is 82.5 cm³/mol. The van der Waals surface area contributed by atoms with Gasteiger partial charge in [-0.3, -0.25) is 9.59 Å². The lowest BCUT2D eigenvalue weighted by Crippen LogP contribution is -2.56. The van der Waals surface area contributed by atoms with E-state index in [0.29, 0.717) is 23.0 Å². The van der Waals surface area contributed by atoms with Crippen molar-refractivity contribution >= 4 is 33.4 Å². The highest BCUT2D eigenvalue weighted by molar-refractivity contribution is 9.10. The minimum Gasteiger partial charge on any atom is -0.342 e. The number of nitrogens with one attached hydrogen (secondary N) is 1. The van der Waals surface area contributed by atoms with Crippen LogP contribution in [0.1, 0.15) is 33.1 Å². The summed E-state index contributed by atoms with van der Waals surface area (Å²) in [6, 6.07) is 4.56. The van der Waals surface area contributed by atoms with Gasteiger partial charge >= 0.3 is 0 Å². The molecule has 0 saturated carbocycles. The van der Waals surface area contributed by atoms with Crippen molar-refractivity contribution in [2.75, 3.05) is 11.4 Å². The van der Waals surface area contributed by atoms with Crippen LogP contribution < -0.4 is 10.2 Å². The molecule has 2 amide bonds. The SMILES string of the molecule is CCC1(CC)NC(=O)CCN(c2ccc(Br)c(F)c2)C1=O. The lowest BCUT2D eigenvalue weighted by Gasteiger charge is -2.33. The summed E-state index contributed by atoms with van der Waals surface area (Å²) >= 11 is 3.10. The molecule has 2 rings (SSSR count). The Labute approximate surface area is 131 Å². The molecule has 1 aliphatic heterocycles. The molecule has 0 spiro atoms. The first-order valence-electron chi connectivity index (χ1n) is 7.01. The number of amides is 2. The summed E-state index contributed by atoms with van der Waals surface area (Å²) in [4.78, 5) is 26.2. The lowest BCUT2D eigenvalue weighted by molar-refractivity contribution is -0.130. The molecule has 1 fully saturated rings.